The first-order valence-electron chi connectivity index (χ1n) is 11.0. The Hall–Kier alpha value is -4.03. The maximum atomic E-state index is 11.7. The molecule has 2 aromatic carbocycles. The Kier molecular flexibility index (Phi) is 5.83. The first-order chi connectivity index (χ1) is 16.8. The van der Waals surface area contributed by atoms with E-state index in [0.29, 0.717) is 49.0 Å². The van der Waals surface area contributed by atoms with Gasteiger partial charge in [0.05, 0.1) is 17.3 Å². The van der Waals surface area contributed by atoms with Crippen LogP contribution in [0.2, 0.25) is 0 Å². The lowest BCUT2D eigenvalue weighted by Crippen LogP contribution is -2.48. The minimum Gasteiger partial charge on any atom is -0.366 e. The second kappa shape index (κ2) is 8.96. The Balaban J connectivity index is 1.30. The molecule has 1 amide bonds. The number of rotatable bonds is 6. The van der Waals surface area contributed by atoms with Crippen molar-refractivity contribution in [1.29, 1.82) is 0 Å². The number of imidazole rings is 1. The van der Waals surface area contributed by atoms with Crippen molar-refractivity contribution in [2.45, 2.75) is 0 Å². The Labute approximate surface area is 202 Å². The first-order valence-corrected chi connectivity index (χ1v) is 12.8. The van der Waals surface area contributed by atoms with Gasteiger partial charge in [-0.1, -0.05) is 6.07 Å². The fraction of sp³-hybridized carbons (Fsp3) is 0.217. The molecule has 0 unspecified atom stereocenters. The molecular weight excluding hydrogens is 468 g/mol. The highest BCUT2D eigenvalue weighted by Gasteiger charge is 2.24. The number of carbonyl (C=O) groups excluding carboxylic acids is 1. The molecule has 2 aromatic heterocycles. The molecule has 1 aliphatic rings. The zero-order chi connectivity index (χ0) is 24.6. The highest BCUT2D eigenvalue weighted by atomic mass is 32.2. The molecule has 180 valence electrons. The van der Waals surface area contributed by atoms with Crippen molar-refractivity contribution in [3.05, 3.63) is 60.3 Å². The van der Waals surface area contributed by atoms with E-state index in [-0.39, 0.29) is 0 Å². The third kappa shape index (κ3) is 4.79. The topological polar surface area (TPSA) is 150 Å². The van der Waals surface area contributed by atoms with Crippen molar-refractivity contribution in [3.8, 4) is 11.4 Å². The van der Waals surface area contributed by atoms with Gasteiger partial charge in [0.2, 0.25) is 16.0 Å². The van der Waals surface area contributed by atoms with E-state index in [9.17, 15) is 13.2 Å². The molecule has 0 radical (unpaired) electrons. The summed E-state index contributed by atoms with van der Waals surface area (Å²) < 4.78 is 24.9. The number of amides is 1. The number of primary amides is 1. The molecule has 0 bridgehead atoms. The van der Waals surface area contributed by atoms with Gasteiger partial charge in [0, 0.05) is 43.6 Å². The average Bonchev–Trinajstić information content (AvgIpc) is 3.28. The van der Waals surface area contributed by atoms with Gasteiger partial charge in [-0.05, 0) is 42.5 Å². The lowest BCUT2D eigenvalue weighted by molar-refractivity contribution is 0.100. The number of nitrogens with two attached hydrogens (primary N) is 1. The maximum Gasteiger partial charge on any atom is 0.250 e. The lowest BCUT2D eigenvalue weighted by atomic mass is 10.2. The molecule has 1 fully saturated rings. The Bertz CT molecular complexity index is 1490. The molecule has 35 heavy (non-hydrogen) atoms. The summed E-state index contributed by atoms with van der Waals surface area (Å²) in [5.41, 5.74) is 8.75. The zero-order valence-corrected chi connectivity index (χ0v) is 19.8. The summed E-state index contributed by atoms with van der Waals surface area (Å²) in [4.78, 5) is 30.4. The second-order valence-corrected chi connectivity index (χ2v) is 10.2. The molecule has 12 heteroatoms. The third-order valence-corrected chi connectivity index (χ3v) is 7.17. The van der Waals surface area contributed by atoms with Crippen molar-refractivity contribution < 1.29 is 13.2 Å². The molecule has 11 nitrogen and oxygen atoms in total. The van der Waals surface area contributed by atoms with Crippen molar-refractivity contribution >= 4 is 44.4 Å². The van der Waals surface area contributed by atoms with Crippen LogP contribution in [0.1, 0.15) is 10.4 Å². The van der Waals surface area contributed by atoms with Gasteiger partial charge in [-0.3, -0.25) is 4.79 Å². The quantitative estimate of drug-likeness (QED) is 0.370. The fourth-order valence-corrected chi connectivity index (χ4v) is 4.87. The minimum absolute atomic E-state index is 0.373. The van der Waals surface area contributed by atoms with E-state index in [1.165, 1.54) is 10.6 Å². The van der Waals surface area contributed by atoms with Gasteiger partial charge in [0.25, 0.3) is 5.91 Å². The molecule has 4 aromatic rings. The number of H-pyrrole nitrogens is 1. The van der Waals surface area contributed by atoms with Gasteiger partial charge in [-0.15, -0.1) is 0 Å². The van der Waals surface area contributed by atoms with Crippen LogP contribution in [0, 0.1) is 0 Å². The van der Waals surface area contributed by atoms with E-state index in [1.807, 2.05) is 41.3 Å². The van der Waals surface area contributed by atoms with E-state index in [1.54, 1.807) is 18.3 Å². The van der Waals surface area contributed by atoms with Crippen LogP contribution < -0.4 is 16.0 Å². The predicted molar refractivity (Wildman–Crippen MR) is 134 cm³/mol. The molecular formula is C23H24N8O3S. The number of nitrogens with zero attached hydrogens (tertiary/aromatic N) is 5. The van der Waals surface area contributed by atoms with Crippen LogP contribution in [0.15, 0.2) is 54.7 Å². The molecule has 4 N–H and O–H groups in total. The Morgan fingerprint density at radius 3 is 2.46 bits per heavy atom. The molecule has 3 heterocycles. The van der Waals surface area contributed by atoms with Crippen LogP contribution in [0.25, 0.3) is 22.4 Å². The van der Waals surface area contributed by atoms with Crippen LogP contribution in [-0.4, -0.2) is 71.0 Å². The smallest absolute Gasteiger partial charge is 0.250 e. The Morgan fingerprint density at radius 2 is 1.77 bits per heavy atom. The van der Waals surface area contributed by atoms with Gasteiger partial charge in [0.1, 0.15) is 17.2 Å². The van der Waals surface area contributed by atoms with Crippen molar-refractivity contribution in [2.24, 2.45) is 5.73 Å². The molecule has 0 saturated carbocycles. The summed E-state index contributed by atoms with van der Waals surface area (Å²) in [6.45, 7) is 1.98. The van der Waals surface area contributed by atoms with E-state index in [0.717, 1.165) is 22.6 Å². The van der Waals surface area contributed by atoms with Crippen LogP contribution >= 0.6 is 0 Å². The van der Waals surface area contributed by atoms with Crippen molar-refractivity contribution in [1.82, 2.24) is 24.2 Å². The van der Waals surface area contributed by atoms with Gasteiger partial charge >= 0.3 is 0 Å². The molecule has 0 spiro atoms. The number of benzene rings is 2. The SMILES string of the molecule is CS(=O)(=O)N1CCN(c2ccnc(Nc3ccc(-c4nc5c(C(N)=O)cccc5[nH]4)cc3)n2)CC1. The van der Waals surface area contributed by atoms with Crippen molar-refractivity contribution in [2.75, 3.05) is 42.7 Å². The number of para-hydroxylation sites is 1. The first kappa shape index (κ1) is 22.7. The fourth-order valence-electron chi connectivity index (χ4n) is 4.04. The highest BCUT2D eigenvalue weighted by molar-refractivity contribution is 7.88. The number of sulfonamides is 1. The second-order valence-electron chi connectivity index (χ2n) is 8.24. The highest BCUT2D eigenvalue weighted by Crippen LogP contribution is 2.25. The summed E-state index contributed by atoms with van der Waals surface area (Å²) in [5, 5.41) is 3.20. The molecule has 0 atom stereocenters. The van der Waals surface area contributed by atoms with E-state index < -0.39 is 15.9 Å². The normalized spacial score (nSPS) is 14.8. The molecule has 5 rings (SSSR count). The largest absolute Gasteiger partial charge is 0.366 e. The van der Waals surface area contributed by atoms with Gasteiger partial charge < -0.3 is 20.9 Å². The van der Waals surface area contributed by atoms with Gasteiger partial charge in [-0.2, -0.15) is 9.29 Å². The number of aromatic nitrogens is 4. The molecule has 0 aliphatic carbocycles. The number of aromatic amines is 1. The number of fused-ring (bicyclic) bond motifs is 1. The van der Waals surface area contributed by atoms with Gasteiger partial charge in [-0.25, -0.2) is 18.4 Å². The number of nitrogens with one attached hydrogen (secondary N) is 2. The van der Waals surface area contributed by atoms with E-state index in [4.69, 9.17) is 5.73 Å². The summed E-state index contributed by atoms with van der Waals surface area (Å²) in [6, 6.07) is 14.7. The van der Waals surface area contributed by atoms with Crippen LogP contribution in [0.4, 0.5) is 17.5 Å². The van der Waals surface area contributed by atoms with Crippen LogP contribution in [-0.2, 0) is 10.0 Å². The zero-order valence-electron chi connectivity index (χ0n) is 19.0. The lowest BCUT2D eigenvalue weighted by Gasteiger charge is -2.33. The Morgan fingerprint density at radius 1 is 1.03 bits per heavy atom. The average molecular weight is 493 g/mol. The summed E-state index contributed by atoms with van der Waals surface area (Å²) >= 11 is 0. The number of piperazine rings is 1. The number of carbonyl (C=O) groups is 1. The van der Waals surface area contributed by atoms with Crippen LogP contribution in [0.3, 0.4) is 0 Å². The van der Waals surface area contributed by atoms with E-state index in [2.05, 4.69) is 25.3 Å². The number of hydrogen-bond donors (Lipinski definition) is 3. The minimum atomic E-state index is -3.18. The van der Waals surface area contributed by atoms with Crippen molar-refractivity contribution in [3.63, 3.8) is 0 Å². The summed E-state index contributed by atoms with van der Waals surface area (Å²) in [6.07, 6.45) is 2.90. The molecule has 1 aliphatic heterocycles. The van der Waals surface area contributed by atoms with E-state index >= 15 is 0 Å². The number of hydrogen-bond acceptors (Lipinski definition) is 8. The third-order valence-electron chi connectivity index (χ3n) is 5.87. The maximum absolute atomic E-state index is 11.7. The molecule has 1 saturated heterocycles. The van der Waals surface area contributed by atoms with Crippen LogP contribution in [0.5, 0.6) is 0 Å². The monoisotopic (exact) mass is 492 g/mol. The summed E-state index contributed by atoms with van der Waals surface area (Å²) in [7, 11) is -3.18. The summed E-state index contributed by atoms with van der Waals surface area (Å²) in [5.74, 6) is 1.29. The van der Waals surface area contributed by atoms with Gasteiger partial charge in [0.15, 0.2) is 0 Å². The number of anilines is 3. The predicted octanol–water partition coefficient (Wildman–Crippen LogP) is 1.94. The standard InChI is InChI=1S/C23H24N8O3S/c1-35(33,34)31-13-11-30(12-14-31)19-9-10-25-23(28-19)26-16-7-5-15(6-8-16)22-27-18-4-2-3-17(21(24)32)20(18)29-22/h2-10H,11-14H2,1H3,(H2,24,32)(H,27,29)(H,25,26,28).